The van der Waals surface area contributed by atoms with E-state index >= 15 is 0 Å². The van der Waals surface area contributed by atoms with Gasteiger partial charge in [-0.2, -0.15) is 10.5 Å². The average molecular weight is 372 g/mol. The third-order valence-corrected chi connectivity index (χ3v) is 3.86. The van der Waals surface area contributed by atoms with Crippen LogP contribution in [0.15, 0.2) is 60.7 Å². The summed E-state index contributed by atoms with van der Waals surface area (Å²) in [4.78, 5) is 0. The molecule has 0 aliphatic rings. The molecule has 0 amide bonds. The molecule has 0 spiro atoms. The van der Waals surface area contributed by atoms with Gasteiger partial charge < -0.3 is 18.9 Å². The first-order chi connectivity index (χ1) is 13.7. The van der Waals surface area contributed by atoms with Gasteiger partial charge in [-0.1, -0.05) is 12.1 Å². The third kappa shape index (κ3) is 4.14. The summed E-state index contributed by atoms with van der Waals surface area (Å²) >= 11 is 0. The molecule has 3 rings (SSSR count). The molecule has 0 N–H and O–H groups in total. The van der Waals surface area contributed by atoms with Crippen LogP contribution in [0.1, 0.15) is 11.1 Å². The van der Waals surface area contributed by atoms with Gasteiger partial charge in [-0.05, 0) is 24.3 Å². The van der Waals surface area contributed by atoms with E-state index in [9.17, 15) is 10.5 Å². The molecule has 28 heavy (non-hydrogen) atoms. The number of nitriles is 2. The molecule has 0 atom stereocenters. The topological polar surface area (TPSA) is 84.5 Å². The lowest BCUT2D eigenvalue weighted by atomic mass is 10.1. The number of methoxy groups -OCH3 is 2. The fourth-order valence-electron chi connectivity index (χ4n) is 2.49. The quantitative estimate of drug-likeness (QED) is 0.603. The van der Waals surface area contributed by atoms with Gasteiger partial charge >= 0.3 is 0 Å². The van der Waals surface area contributed by atoms with Crippen molar-refractivity contribution in [2.45, 2.75) is 0 Å². The Kier molecular flexibility index (Phi) is 5.64. The molecule has 0 aliphatic heterocycles. The highest BCUT2D eigenvalue weighted by molar-refractivity contribution is 5.58. The second kappa shape index (κ2) is 8.48. The zero-order valence-electron chi connectivity index (χ0n) is 15.3. The van der Waals surface area contributed by atoms with Crippen LogP contribution in [-0.4, -0.2) is 14.2 Å². The standard InChI is InChI=1S/C22H16N2O4/c1-25-17-5-3-7-19(11-17)27-21-9-15(13-23)16(14-24)10-22(21)28-20-8-4-6-18(12-20)26-2/h3-12H,1-2H3. The van der Waals surface area contributed by atoms with Crippen LogP contribution in [0, 0.1) is 22.7 Å². The van der Waals surface area contributed by atoms with Crippen molar-refractivity contribution in [3.63, 3.8) is 0 Å². The summed E-state index contributed by atoms with van der Waals surface area (Å²) in [7, 11) is 3.12. The zero-order chi connectivity index (χ0) is 19.9. The van der Waals surface area contributed by atoms with Gasteiger partial charge in [-0.15, -0.1) is 0 Å². The lowest BCUT2D eigenvalue weighted by Crippen LogP contribution is -1.95. The maximum absolute atomic E-state index is 9.34. The van der Waals surface area contributed by atoms with Crippen molar-refractivity contribution in [3.05, 3.63) is 71.8 Å². The van der Waals surface area contributed by atoms with Gasteiger partial charge in [0.25, 0.3) is 0 Å². The second-order valence-corrected chi connectivity index (χ2v) is 5.63. The van der Waals surface area contributed by atoms with E-state index in [1.54, 1.807) is 62.8 Å². The van der Waals surface area contributed by atoms with Gasteiger partial charge in [-0.3, -0.25) is 0 Å². The van der Waals surface area contributed by atoms with Crippen LogP contribution in [0.3, 0.4) is 0 Å². The smallest absolute Gasteiger partial charge is 0.171 e. The first kappa shape index (κ1) is 18.6. The predicted molar refractivity (Wildman–Crippen MR) is 102 cm³/mol. The first-order valence-electron chi connectivity index (χ1n) is 8.29. The molecule has 6 heteroatoms. The number of benzene rings is 3. The zero-order valence-corrected chi connectivity index (χ0v) is 15.3. The SMILES string of the molecule is COc1cccc(Oc2cc(C#N)c(C#N)cc2Oc2cccc(OC)c2)c1. The Morgan fingerprint density at radius 2 is 1.00 bits per heavy atom. The number of hydrogen-bond donors (Lipinski definition) is 0. The van der Waals surface area contributed by atoms with E-state index in [4.69, 9.17) is 18.9 Å². The minimum absolute atomic E-state index is 0.193. The minimum Gasteiger partial charge on any atom is -0.497 e. The predicted octanol–water partition coefficient (Wildman–Crippen LogP) is 5.03. The Labute approximate surface area is 162 Å². The minimum atomic E-state index is 0.193. The molecule has 3 aromatic rings. The molecule has 0 radical (unpaired) electrons. The van der Waals surface area contributed by atoms with Crippen molar-refractivity contribution in [1.29, 1.82) is 10.5 Å². The van der Waals surface area contributed by atoms with Crippen molar-refractivity contribution < 1.29 is 18.9 Å². The molecule has 0 heterocycles. The number of hydrogen-bond acceptors (Lipinski definition) is 6. The summed E-state index contributed by atoms with van der Waals surface area (Å²) in [5.74, 6) is 2.86. The Balaban J connectivity index is 2.03. The van der Waals surface area contributed by atoms with Crippen LogP contribution < -0.4 is 18.9 Å². The van der Waals surface area contributed by atoms with E-state index in [1.165, 1.54) is 12.1 Å². The normalized spacial score (nSPS) is 9.71. The lowest BCUT2D eigenvalue weighted by molar-refractivity contribution is 0.396. The highest BCUT2D eigenvalue weighted by atomic mass is 16.5. The number of rotatable bonds is 6. The first-order valence-corrected chi connectivity index (χ1v) is 8.29. The second-order valence-electron chi connectivity index (χ2n) is 5.63. The number of nitrogens with zero attached hydrogens (tertiary/aromatic N) is 2. The van der Waals surface area contributed by atoms with E-state index in [0.717, 1.165) is 0 Å². The molecule has 0 unspecified atom stereocenters. The van der Waals surface area contributed by atoms with Crippen LogP contribution in [0.2, 0.25) is 0 Å². The fourth-order valence-corrected chi connectivity index (χ4v) is 2.49. The van der Waals surface area contributed by atoms with Gasteiger partial charge in [0, 0.05) is 24.3 Å². The molecule has 0 aliphatic carbocycles. The van der Waals surface area contributed by atoms with E-state index in [-0.39, 0.29) is 11.1 Å². The monoisotopic (exact) mass is 372 g/mol. The summed E-state index contributed by atoms with van der Waals surface area (Å²) in [6, 6.07) is 21.0. The molecule has 0 aromatic heterocycles. The number of ether oxygens (including phenoxy) is 4. The van der Waals surface area contributed by atoms with E-state index in [1.807, 2.05) is 12.1 Å². The molecule has 0 fully saturated rings. The summed E-state index contributed by atoms with van der Waals surface area (Å²) in [5, 5.41) is 18.7. The fraction of sp³-hybridized carbons (Fsp3) is 0.0909. The summed E-state index contributed by atoms with van der Waals surface area (Å²) in [5.41, 5.74) is 0.386. The Bertz CT molecular complexity index is 994. The summed E-state index contributed by atoms with van der Waals surface area (Å²) < 4.78 is 22.3. The van der Waals surface area contributed by atoms with Gasteiger partial charge in [-0.25, -0.2) is 0 Å². The molecule has 6 nitrogen and oxygen atoms in total. The van der Waals surface area contributed by atoms with Crippen molar-refractivity contribution in [2.75, 3.05) is 14.2 Å². The molecule has 0 bridgehead atoms. The van der Waals surface area contributed by atoms with Crippen molar-refractivity contribution >= 4 is 0 Å². The summed E-state index contributed by atoms with van der Waals surface area (Å²) in [6.45, 7) is 0. The Hall–Kier alpha value is -4.16. The molecular weight excluding hydrogens is 356 g/mol. The third-order valence-electron chi connectivity index (χ3n) is 3.86. The highest BCUT2D eigenvalue weighted by Gasteiger charge is 2.15. The van der Waals surface area contributed by atoms with Gasteiger partial charge in [0.05, 0.1) is 25.3 Å². The molecule has 3 aromatic carbocycles. The van der Waals surface area contributed by atoms with E-state index < -0.39 is 0 Å². The van der Waals surface area contributed by atoms with Crippen LogP contribution in [0.4, 0.5) is 0 Å². The molecular formula is C22H16N2O4. The molecule has 0 saturated carbocycles. The van der Waals surface area contributed by atoms with Gasteiger partial charge in [0.2, 0.25) is 0 Å². The largest absolute Gasteiger partial charge is 0.497 e. The van der Waals surface area contributed by atoms with Crippen molar-refractivity contribution in [3.8, 4) is 46.6 Å². The highest BCUT2D eigenvalue weighted by Crippen LogP contribution is 2.38. The average Bonchev–Trinajstić information content (AvgIpc) is 2.74. The molecule has 138 valence electrons. The van der Waals surface area contributed by atoms with Crippen LogP contribution >= 0.6 is 0 Å². The van der Waals surface area contributed by atoms with E-state index in [0.29, 0.717) is 34.5 Å². The van der Waals surface area contributed by atoms with Gasteiger partial charge in [0.1, 0.15) is 35.1 Å². The molecule has 0 saturated heterocycles. The Morgan fingerprint density at radius 1 is 0.607 bits per heavy atom. The maximum Gasteiger partial charge on any atom is 0.171 e. The maximum atomic E-state index is 9.34. The van der Waals surface area contributed by atoms with Gasteiger partial charge in [0.15, 0.2) is 11.5 Å². The van der Waals surface area contributed by atoms with Crippen molar-refractivity contribution in [1.82, 2.24) is 0 Å². The van der Waals surface area contributed by atoms with Crippen LogP contribution in [0.5, 0.6) is 34.5 Å². The lowest BCUT2D eigenvalue weighted by Gasteiger charge is -2.14. The van der Waals surface area contributed by atoms with Crippen LogP contribution in [0.25, 0.3) is 0 Å². The summed E-state index contributed by atoms with van der Waals surface area (Å²) in [6.07, 6.45) is 0. The van der Waals surface area contributed by atoms with E-state index in [2.05, 4.69) is 0 Å². The van der Waals surface area contributed by atoms with Crippen LogP contribution in [-0.2, 0) is 0 Å². The Morgan fingerprint density at radius 3 is 1.36 bits per heavy atom. The van der Waals surface area contributed by atoms with Crippen molar-refractivity contribution in [2.24, 2.45) is 0 Å².